The largest absolute Gasteiger partial charge is 0.461 e. The van der Waals surface area contributed by atoms with Crippen LogP contribution in [0.4, 0.5) is 4.79 Å². The van der Waals surface area contributed by atoms with Gasteiger partial charge in [-0.2, -0.15) is 0 Å². The quantitative estimate of drug-likeness (QED) is 0.554. The molecule has 0 unspecified atom stereocenters. The summed E-state index contributed by atoms with van der Waals surface area (Å²) < 4.78 is 5.09. The average Bonchev–Trinajstić information content (AvgIpc) is 2.79. The molecule has 0 N–H and O–H groups in total. The van der Waals surface area contributed by atoms with Gasteiger partial charge in [-0.25, -0.2) is 0 Å². The molecular formula is C16H15Cl2NO4S. The van der Waals surface area contributed by atoms with E-state index in [0.717, 1.165) is 16.7 Å². The lowest BCUT2D eigenvalue weighted by molar-refractivity contribution is -0.150. The third-order valence-corrected chi connectivity index (χ3v) is 5.08. The summed E-state index contributed by atoms with van der Waals surface area (Å²) in [6.45, 7) is 3.21. The zero-order chi connectivity index (χ0) is 17.9. The number of hydrogen-bond acceptors (Lipinski definition) is 5. The number of carbonyl (C=O) groups excluding carboxylic acids is 3. The van der Waals surface area contributed by atoms with E-state index in [1.54, 1.807) is 25.1 Å². The van der Waals surface area contributed by atoms with Crippen LogP contribution in [-0.2, 0) is 14.3 Å². The maximum absolute atomic E-state index is 12.3. The molecule has 1 atom stereocenters. The van der Waals surface area contributed by atoms with Gasteiger partial charge in [0.15, 0.2) is 0 Å². The van der Waals surface area contributed by atoms with Crippen LogP contribution in [0, 0.1) is 0 Å². The summed E-state index contributed by atoms with van der Waals surface area (Å²) in [6, 6.07) is 4.99. The molecule has 2 rings (SSSR count). The van der Waals surface area contributed by atoms with Crippen LogP contribution in [0.15, 0.2) is 23.1 Å². The van der Waals surface area contributed by atoms with Gasteiger partial charge in [0.1, 0.15) is 6.54 Å². The highest BCUT2D eigenvalue weighted by molar-refractivity contribution is 8.18. The van der Waals surface area contributed by atoms with Crippen LogP contribution in [0.2, 0.25) is 10.0 Å². The van der Waals surface area contributed by atoms with Gasteiger partial charge in [0.05, 0.1) is 21.1 Å². The van der Waals surface area contributed by atoms with Crippen LogP contribution in [-0.4, -0.2) is 34.7 Å². The van der Waals surface area contributed by atoms with Crippen LogP contribution in [0.1, 0.15) is 25.8 Å². The predicted octanol–water partition coefficient (Wildman–Crippen LogP) is 4.37. The van der Waals surface area contributed by atoms with E-state index in [0.29, 0.717) is 22.0 Å². The number of nitrogens with zero attached hydrogens (tertiary/aromatic N) is 1. The van der Waals surface area contributed by atoms with Gasteiger partial charge in [-0.15, -0.1) is 0 Å². The number of benzene rings is 1. The first-order valence-electron chi connectivity index (χ1n) is 7.22. The molecule has 1 fully saturated rings. The zero-order valence-corrected chi connectivity index (χ0v) is 15.4. The van der Waals surface area contributed by atoms with Crippen molar-refractivity contribution in [2.45, 2.75) is 26.4 Å². The molecule has 0 spiro atoms. The van der Waals surface area contributed by atoms with Crippen molar-refractivity contribution in [2.75, 3.05) is 6.54 Å². The summed E-state index contributed by atoms with van der Waals surface area (Å²) in [6.07, 6.45) is 1.87. The monoisotopic (exact) mass is 387 g/mol. The van der Waals surface area contributed by atoms with Gasteiger partial charge in [0.25, 0.3) is 11.1 Å². The summed E-state index contributed by atoms with van der Waals surface area (Å²) in [5, 5.41) is 0.120. The number of ether oxygens (including phenoxy) is 1. The van der Waals surface area contributed by atoms with E-state index in [1.165, 1.54) is 6.08 Å². The van der Waals surface area contributed by atoms with Crippen molar-refractivity contribution in [2.24, 2.45) is 0 Å². The highest BCUT2D eigenvalue weighted by atomic mass is 35.5. The molecule has 1 heterocycles. The fourth-order valence-corrected chi connectivity index (χ4v) is 3.08. The Balaban J connectivity index is 2.15. The van der Waals surface area contributed by atoms with Crippen LogP contribution < -0.4 is 0 Å². The molecule has 0 aromatic heterocycles. The van der Waals surface area contributed by atoms with Gasteiger partial charge in [0.2, 0.25) is 0 Å². The van der Waals surface area contributed by atoms with Gasteiger partial charge >= 0.3 is 5.97 Å². The first kappa shape index (κ1) is 18.8. The first-order chi connectivity index (χ1) is 11.3. The zero-order valence-electron chi connectivity index (χ0n) is 13.0. The Morgan fingerprint density at radius 1 is 1.38 bits per heavy atom. The molecule has 8 heteroatoms. The molecule has 0 aliphatic carbocycles. The second-order valence-electron chi connectivity index (χ2n) is 5.12. The minimum atomic E-state index is -0.617. The van der Waals surface area contributed by atoms with Crippen LogP contribution in [0.3, 0.4) is 0 Å². The summed E-state index contributed by atoms with van der Waals surface area (Å²) in [7, 11) is 0. The Labute approximate surface area is 153 Å². The number of hydrogen-bond donors (Lipinski definition) is 0. The van der Waals surface area contributed by atoms with Crippen molar-refractivity contribution < 1.29 is 19.1 Å². The standard InChI is InChI=1S/C16H15Cl2NO4S/c1-3-9(2)23-13(20)8-19-15(21)12(24-16(19)22)7-10-5-4-6-11(17)14(10)18/h4-7,9H,3,8H2,1-2H3/b12-7+/t9-/m1/s1. The lowest BCUT2D eigenvalue weighted by atomic mass is 10.2. The van der Waals surface area contributed by atoms with Gasteiger partial charge < -0.3 is 4.74 Å². The van der Waals surface area contributed by atoms with Gasteiger partial charge in [-0.05, 0) is 42.8 Å². The van der Waals surface area contributed by atoms with E-state index in [-0.39, 0.29) is 11.0 Å². The lowest BCUT2D eigenvalue weighted by Crippen LogP contribution is -2.35. The molecule has 0 bridgehead atoms. The molecule has 1 aliphatic heterocycles. The molecule has 1 saturated heterocycles. The number of thioether (sulfide) groups is 1. The molecule has 1 aliphatic rings. The predicted molar refractivity (Wildman–Crippen MR) is 95.0 cm³/mol. The number of halogens is 2. The highest BCUT2D eigenvalue weighted by Gasteiger charge is 2.37. The van der Waals surface area contributed by atoms with Crippen LogP contribution in [0.25, 0.3) is 6.08 Å². The van der Waals surface area contributed by atoms with Gasteiger partial charge in [-0.1, -0.05) is 42.3 Å². The fraction of sp³-hybridized carbons (Fsp3) is 0.312. The smallest absolute Gasteiger partial charge is 0.326 e. The highest BCUT2D eigenvalue weighted by Crippen LogP contribution is 2.34. The second-order valence-corrected chi connectivity index (χ2v) is 6.90. The number of amides is 2. The molecule has 24 heavy (non-hydrogen) atoms. The second kappa shape index (κ2) is 8.05. The van der Waals surface area contributed by atoms with Crippen LogP contribution >= 0.6 is 35.0 Å². The minimum Gasteiger partial charge on any atom is -0.461 e. The molecule has 0 saturated carbocycles. The van der Waals surface area contributed by atoms with Crippen molar-refractivity contribution in [1.29, 1.82) is 0 Å². The first-order valence-corrected chi connectivity index (χ1v) is 8.79. The number of rotatable bonds is 5. The van der Waals surface area contributed by atoms with Crippen molar-refractivity contribution in [3.8, 4) is 0 Å². The minimum absolute atomic E-state index is 0.181. The fourth-order valence-electron chi connectivity index (χ4n) is 1.88. The van der Waals surface area contributed by atoms with E-state index in [4.69, 9.17) is 27.9 Å². The van der Waals surface area contributed by atoms with Crippen molar-refractivity contribution in [3.05, 3.63) is 38.7 Å². The number of imide groups is 1. The summed E-state index contributed by atoms with van der Waals surface area (Å²) in [4.78, 5) is 37.2. The molecule has 1 aromatic carbocycles. The number of esters is 1. The molecule has 2 amide bonds. The van der Waals surface area contributed by atoms with Gasteiger partial charge in [0, 0.05) is 0 Å². The summed E-state index contributed by atoms with van der Waals surface area (Å²) in [5.74, 6) is -1.17. The third-order valence-electron chi connectivity index (χ3n) is 3.34. The Bertz CT molecular complexity index is 720. The summed E-state index contributed by atoms with van der Waals surface area (Å²) >= 11 is 12.8. The number of carbonyl (C=O) groups is 3. The molecular weight excluding hydrogens is 373 g/mol. The van der Waals surface area contributed by atoms with Crippen LogP contribution in [0.5, 0.6) is 0 Å². The van der Waals surface area contributed by atoms with E-state index < -0.39 is 23.7 Å². The normalized spacial score (nSPS) is 17.5. The lowest BCUT2D eigenvalue weighted by Gasteiger charge is -2.14. The Morgan fingerprint density at radius 3 is 2.75 bits per heavy atom. The van der Waals surface area contributed by atoms with E-state index in [2.05, 4.69) is 0 Å². The topological polar surface area (TPSA) is 63.7 Å². The van der Waals surface area contributed by atoms with Crippen molar-refractivity contribution in [1.82, 2.24) is 4.90 Å². The average molecular weight is 388 g/mol. The van der Waals surface area contributed by atoms with E-state index in [1.807, 2.05) is 6.92 Å². The van der Waals surface area contributed by atoms with Crippen molar-refractivity contribution >= 4 is 58.2 Å². The Kier molecular flexibility index (Phi) is 6.32. The Morgan fingerprint density at radius 2 is 2.08 bits per heavy atom. The van der Waals surface area contributed by atoms with Gasteiger partial charge in [-0.3, -0.25) is 19.3 Å². The Hall–Kier alpha value is -1.50. The molecule has 128 valence electrons. The maximum atomic E-state index is 12.3. The molecule has 0 radical (unpaired) electrons. The summed E-state index contributed by atoms with van der Waals surface area (Å²) in [5.41, 5.74) is 0.525. The maximum Gasteiger partial charge on any atom is 0.326 e. The molecule has 5 nitrogen and oxygen atoms in total. The van der Waals surface area contributed by atoms with E-state index >= 15 is 0 Å². The van der Waals surface area contributed by atoms with E-state index in [9.17, 15) is 14.4 Å². The SMILES string of the molecule is CC[C@@H](C)OC(=O)CN1C(=O)S/C(=C/c2cccc(Cl)c2Cl)C1=O. The third kappa shape index (κ3) is 4.32. The molecule has 1 aromatic rings. The van der Waals surface area contributed by atoms with Crippen molar-refractivity contribution in [3.63, 3.8) is 0 Å².